The van der Waals surface area contributed by atoms with Crippen LogP contribution in [0.2, 0.25) is 0 Å². The molecule has 0 amide bonds. The molecule has 1 aliphatic rings. The number of rotatable bonds is 5. The number of quaternary nitrogens is 1. The number of nitrogens with zero attached hydrogens (tertiary/aromatic N) is 2. The second kappa shape index (κ2) is 7.93. The Hall–Kier alpha value is -1.99. The van der Waals surface area contributed by atoms with E-state index < -0.39 is 0 Å². The first-order valence-corrected chi connectivity index (χ1v) is 9.13. The number of carbonyl (C=O) groups excluding carboxylic acids is 1. The summed E-state index contributed by atoms with van der Waals surface area (Å²) < 4.78 is 12.6. The number of aryl methyl sites for hydroxylation is 1. The molecule has 1 saturated heterocycles. The van der Waals surface area contributed by atoms with E-state index in [4.69, 9.17) is 21.4 Å². The molecular weight excluding hydrogens is 338 g/mol. The minimum atomic E-state index is -0.0935. The summed E-state index contributed by atoms with van der Waals surface area (Å²) in [5, 5.41) is 4.55. The average Bonchev–Trinajstić information content (AvgIpc) is 2.96. The fourth-order valence-corrected chi connectivity index (χ4v) is 3.48. The number of likely N-dealkylation sites (tertiary alicyclic amines) is 1. The van der Waals surface area contributed by atoms with Crippen molar-refractivity contribution in [3.8, 4) is 11.5 Å². The lowest BCUT2D eigenvalue weighted by atomic mass is 9.99. The van der Waals surface area contributed by atoms with E-state index in [0.717, 1.165) is 37.1 Å². The van der Waals surface area contributed by atoms with Crippen LogP contribution in [0.4, 0.5) is 0 Å². The highest BCUT2D eigenvalue weighted by Crippen LogP contribution is 2.21. The maximum Gasteiger partial charge on any atom is 0.314 e. The topological polar surface area (TPSA) is 61.7 Å². The van der Waals surface area contributed by atoms with Gasteiger partial charge in [0.2, 0.25) is 5.89 Å². The van der Waals surface area contributed by atoms with Crippen LogP contribution in [0, 0.1) is 17.7 Å². The number of hydrogen-bond acceptors (Lipinski definition) is 5. The first-order chi connectivity index (χ1) is 12.1. The molecule has 1 aliphatic heterocycles. The van der Waals surface area contributed by atoms with Gasteiger partial charge in [0.15, 0.2) is 6.67 Å². The Morgan fingerprint density at radius 3 is 3.04 bits per heavy atom. The summed E-state index contributed by atoms with van der Waals surface area (Å²) in [6.45, 7) is 6.63. The summed E-state index contributed by atoms with van der Waals surface area (Å²) in [7, 11) is 0. The van der Waals surface area contributed by atoms with Crippen LogP contribution in [0.25, 0.3) is 11.5 Å². The molecule has 1 aromatic heterocycles. The lowest BCUT2D eigenvalue weighted by Gasteiger charge is -2.28. The molecule has 0 bridgehead atoms. The van der Waals surface area contributed by atoms with Gasteiger partial charge in [-0.1, -0.05) is 18.2 Å². The molecule has 0 saturated carbocycles. The molecule has 1 aromatic carbocycles. The molecule has 134 valence electrons. The van der Waals surface area contributed by atoms with Gasteiger partial charge in [0.1, 0.15) is 5.92 Å². The van der Waals surface area contributed by atoms with E-state index in [9.17, 15) is 4.79 Å². The van der Waals surface area contributed by atoms with E-state index in [2.05, 4.69) is 5.10 Å². The van der Waals surface area contributed by atoms with Gasteiger partial charge in [-0.2, -0.15) is 4.68 Å². The summed E-state index contributed by atoms with van der Waals surface area (Å²) in [4.78, 5) is 13.6. The van der Waals surface area contributed by atoms with Gasteiger partial charge in [-0.05, 0) is 50.5 Å². The zero-order chi connectivity index (χ0) is 17.8. The van der Waals surface area contributed by atoms with Crippen LogP contribution >= 0.6 is 12.2 Å². The highest BCUT2D eigenvalue weighted by Gasteiger charge is 2.30. The van der Waals surface area contributed by atoms with Crippen LogP contribution in [0.15, 0.2) is 28.7 Å². The van der Waals surface area contributed by atoms with Crippen molar-refractivity contribution < 1.29 is 18.8 Å². The van der Waals surface area contributed by atoms with E-state index >= 15 is 0 Å². The predicted molar refractivity (Wildman–Crippen MR) is 95.6 cm³/mol. The molecular formula is C18H24N3O3S+. The van der Waals surface area contributed by atoms with Gasteiger partial charge in [-0.15, -0.1) is 5.10 Å². The van der Waals surface area contributed by atoms with Gasteiger partial charge < -0.3 is 14.1 Å². The number of hydrogen-bond donors (Lipinski definition) is 1. The van der Waals surface area contributed by atoms with E-state index in [0.29, 0.717) is 24.0 Å². The van der Waals surface area contributed by atoms with Crippen molar-refractivity contribution in [3.05, 3.63) is 34.7 Å². The van der Waals surface area contributed by atoms with Crippen LogP contribution in [0.5, 0.6) is 0 Å². The normalized spacial score (nSPS) is 20.4. The third kappa shape index (κ3) is 4.16. The highest BCUT2D eigenvalue weighted by molar-refractivity contribution is 7.71. The molecule has 1 N–H and O–H groups in total. The zero-order valence-corrected chi connectivity index (χ0v) is 15.5. The van der Waals surface area contributed by atoms with Crippen molar-refractivity contribution in [3.63, 3.8) is 0 Å². The van der Waals surface area contributed by atoms with Crippen molar-refractivity contribution in [1.29, 1.82) is 0 Å². The Bertz CT molecular complexity index is 799. The monoisotopic (exact) mass is 362 g/mol. The predicted octanol–water partition coefficient (Wildman–Crippen LogP) is 2.00. The Kier molecular flexibility index (Phi) is 5.65. The molecule has 0 radical (unpaired) electrons. The van der Waals surface area contributed by atoms with E-state index in [1.54, 1.807) is 4.68 Å². The molecule has 2 heterocycles. The lowest BCUT2D eigenvalue weighted by molar-refractivity contribution is -0.930. The fourth-order valence-electron chi connectivity index (χ4n) is 3.30. The molecule has 7 heteroatoms. The molecule has 2 aromatic rings. The number of piperidine rings is 1. The second-order valence-electron chi connectivity index (χ2n) is 6.44. The standard InChI is InChI=1S/C18H23N3O3S/c1-3-23-17(22)14-8-6-10-20(11-14)12-21-18(25)24-16(19-21)15-9-5-4-7-13(15)2/h4-5,7,9,14H,3,6,8,10-12H2,1-2H3/p+1/t14-/m0/s1. The molecule has 2 atom stereocenters. The minimum absolute atomic E-state index is 0.0411. The maximum atomic E-state index is 12.0. The molecule has 0 aliphatic carbocycles. The highest BCUT2D eigenvalue weighted by atomic mass is 32.1. The van der Waals surface area contributed by atoms with Crippen LogP contribution in [-0.4, -0.2) is 35.4 Å². The first kappa shape index (κ1) is 17.8. The fraction of sp³-hybridized carbons (Fsp3) is 0.500. The van der Waals surface area contributed by atoms with Crippen molar-refractivity contribution >= 4 is 18.2 Å². The molecule has 25 heavy (non-hydrogen) atoms. The zero-order valence-electron chi connectivity index (χ0n) is 14.7. The largest absolute Gasteiger partial charge is 0.466 e. The Morgan fingerprint density at radius 2 is 2.28 bits per heavy atom. The number of benzene rings is 1. The van der Waals surface area contributed by atoms with Gasteiger partial charge in [0.25, 0.3) is 4.84 Å². The molecule has 3 rings (SSSR count). The van der Waals surface area contributed by atoms with Crippen LogP contribution in [-0.2, 0) is 16.2 Å². The third-order valence-corrected chi connectivity index (χ3v) is 4.89. The quantitative estimate of drug-likeness (QED) is 0.651. The number of nitrogens with one attached hydrogen (secondary N) is 1. The molecule has 1 unspecified atom stereocenters. The van der Waals surface area contributed by atoms with Crippen molar-refractivity contribution in [2.75, 3.05) is 19.7 Å². The summed E-state index contributed by atoms with van der Waals surface area (Å²) in [5.41, 5.74) is 2.05. The maximum absolute atomic E-state index is 12.0. The average molecular weight is 362 g/mol. The molecule has 0 spiro atoms. The summed E-state index contributed by atoms with van der Waals surface area (Å²) in [6, 6.07) is 7.94. The van der Waals surface area contributed by atoms with E-state index in [-0.39, 0.29) is 11.9 Å². The van der Waals surface area contributed by atoms with Crippen molar-refractivity contribution in [2.24, 2.45) is 5.92 Å². The Labute approximate surface area is 152 Å². The van der Waals surface area contributed by atoms with E-state index in [1.165, 1.54) is 4.90 Å². The third-order valence-electron chi connectivity index (χ3n) is 4.59. The number of carbonyl (C=O) groups is 1. The number of esters is 1. The smallest absolute Gasteiger partial charge is 0.314 e. The van der Waals surface area contributed by atoms with Crippen LogP contribution in [0.1, 0.15) is 25.3 Å². The number of aromatic nitrogens is 2. The minimum Gasteiger partial charge on any atom is -0.466 e. The summed E-state index contributed by atoms with van der Waals surface area (Å²) >= 11 is 5.34. The van der Waals surface area contributed by atoms with Gasteiger partial charge in [-0.25, -0.2) is 0 Å². The first-order valence-electron chi connectivity index (χ1n) is 8.72. The lowest BCUT2D eigenvalue weighted by Crippen LogP contribution is -3.13. The Morgan fingerprint density at radius 1 is 1.48 bits per heavy atom. The van der Waals surface area contributed by atoms with Gasteiger partial charge in [-0.3, -0.25) is 4.79 Å². The van der Waals surface area contributed by atoms with Gasteiger partial charge >= 0.3 is 5.97 Å². The van der Waals surface area contributed by atoms with E-state index in [1.807, 2.05) is 38.1 Å². The Balaban J connectivity index is 1.72. The molecule has 6 nitrogen and oxygen atoms in total. The van der Waals surface area contributed by atoms with Crippen molar-refractivity contribution in [2.45, 2.75) is 33.4 Å². The van der Waals surface area contributed by atoms with Gasteiger partial charge in [0.05, 0.1) is 19.7 Å². The van der Waals surface area contributed by atoms with Crippen LogP contribution < -0.4 is 4.90 Å². The molecule has 1 fully saturated rings. The SMILES string of the molecule is CCOC(=O)[C@H]1CCC[NH+](Cn2nc(-c3ccccc3C)oc2=S)C1. The summed E-state index contributed by atoms with van der Waals surface area (Å²) in [6.07, 6.45) is 1.88. The van der Waals surface area contributed by atoms with Crippen LogP contribution in [0.3, 0.4) is 0 Å². The number of ether oxygens (including phenoxy) is 1. The summed E-state index contributed by atoms with van der Waals surface area (Å²) in [5.74, 6) is 0.408. The second-order valence-corrected chi connectivity index (χ2v) is 6.79. The van der Waals surface area contributed by atoms with Crippen molar-refractivity contribution in [1.82, 2.24) is 9.78 Å². The van der Waals surface area contributed by atoms with Gasteiger partial charge in [0, 0.05) is 5.56 Å².